The summed E-state index contributed by atoms with van der Waals surface area (Å²) in [6.07, 6.45) is -8.71. The van der Waals surface area contributed by atoms with Gasteiger partial charge in [0.15, 0.2) is 11.5 Å². The third kappa shape index (κ3) is 12.8. The molecule has 5 rings (SSSR count). The van der Waals surface area contributed by atoms with Gasteiger partial charge >= 0.3 is 18.3 Å². The Morgan fingerprint density at radius 3 is 2.38 bits per heavy atom. The van der Waals surface area contributed by atoms with Crippen LogP contribution in [-0.4, -0.2) is 92.2 Å². The fourth-order valence-corrected chi connectivity index (χ4v) is 7.19. The van der Waals surface area contributed by atoms with Gasteiger partial charge in [0.2, 0.25) is 5.91 Å². The molecule has 0 bridgehead atoms. The summed E-state index contributed by atoms with van der Waals surface area (Å²) >= 11 is 7.87. The number of benzene rings is 3. The number of nitriles is 1. The van der Waals surface area contributed by atoms with Crippen LogP contribution in [0.4, 0.5) is 26.3 Å². The van der Waals surface area contributed by atoms with E-state index in [4.69, 9.17) is 30.5 Å². The summed E-state index contributed by atoms with van der Waals surface area (Å²) < 4.78 is 102. The van der Waals surface area contributed by atoms with Crippen molar-refractivity contribution in [3.63, 3.8) is 0 Å². The van der Waals surface area contributed by atoms with Crippen molar-refractivity contribution in [2.45, 2.75) is 32.3 Å². The molecule has 0 unspecified atom stereocenters. The van der Waals surface area contributed by atoms with E-state index in [9.17, 15) is 46.0 Å². The molecule has 1 aromatic heterocycles. The first-order valence-electron chi connectivity index (χ1n) is 18.5. The van der Waals surface area contributed by atoms with E-state index in [1.165, 1.54) is 42.7 Å². The van der Waals surface area contributed by atoms with Crippen molar-refractivity contribution in [3.8, 4) is 33.9 Å². The molecule has 1 N–H and O–H groups in total. The third-order valence-electron chi connectivity index (χ3n) is 9.11. The van der Waals surface area contributed by atoms with Crippen molar-refractivity contribution in [2.75, 3.05) is 59.6 Å². The molecule has 20 heteroatoms. The van der Waals surface area contributed by atoms with Crippen LogP contribution in [0, 0.1) is 11.3 Å². The molecule has 0 saturated carbocycles. The molecule has 1 fully saturated rings. The van der Waals surface area contributed by atoms with Gasteiger partial charge in [-0.1, -0.05) is 23.7 Å². The molecule has 324 valence electrons. The number of rotatable bonds is 16. The van der Waals surface area contributed by atoms with Gasteiger partial charge in [-0.05, 0) is 61.0 Å². The number of hydrogen-bond acceptors (Lipinski definition) is 11. The van der Waals surface area contributed by atoms with E-state index < -0.39 is 47.5 Å². The predicted octanol–water partition coefficient (Wildman–Crippen LogP) is 7.44. The van der Waals surface area contributed by atoms with Crippen molar-refractivity contribution >= 4 is 46.8 Å². The number of methoxy groups -OCH3 is 1. The van der Waals surface area contributed by atoms with Crippen LogP contribution >= 0.6 is 22.9 Å². The van der Waals surface area contributed by atoms with Crippen LogP contribution in [0.5, 0.6) is 17.2 Å². The van der Waals surface area contributed by atoms with Gasteiger partial charge in [0.25, 0.3) is 5.91 Å². The summed E-state index contributed by atoms with van der Waals surface area (Å²) in [5, 5.41) is 15.1. The molecule has 2 heterocycles. The highest BCUT2D eigenvalue weighted by Crippen LogP contribution is 2.39. The normalized spacial score (nSPS) is 13.6. The molecule has 1 saturated heterocycles. The Hall–Kier alpha value is -5.84. The minimum absolute atomic E-state index is 0.0135. The number of nitrogens with one attached hydrogen (secondary N) is 1. The summed E-state index contributed by atoms with van der Waals surface area (Å²) in [6.45, 7) is 3.51. The Kier molecular flexibility index (Phi) is 15.6. The predicted molar refractivity (Wildman–Crippen MR) is 212 cm³/mol. The van der Waals surface area contributed by atoms with Crippen molar-refractivity contribution in [3.05, 3.63) is 98.5 Å². The van der Waals surface area contributed by atoms with Crippen molar-refractivity contribution in [2.24, 2.45) is 0 Å². The van der Waals surface area contributed by atoms with Gasteiger partial charge < -0.3 is 29.2 Å². The van der Waals surface area contributed by atoms with Crippen LogP contribution in [0.3, 0.4) is 0 Å². The summed E-state index contributed by atoms with van der Waals surface area (Å²) in [6, 6.07) is 12.6. The summed E-state index contributed by atoms with van der Waals surface area (Å²) in [7, 11) is 1.27. The molecule has 0 radical (unpaired) electrons. The first-order valence-corrected chi connectivity index (χ1v) is 19.8. The maximum absolute atomic E-state index is 13.6. The second-order valence-corrected chi connectivity index (χ2v) is 14.5. The molecule has 1 aliphatic heterocycles. The second kappa shape index (κ2) is 20.6. The number of halogens is 7. The number of aromatic nitrogens is 1. The second-order valence-electron chi connectivity index (χ2n) is 13.3. The lowest BCUT2D eigenvalue weighted by Gasteiger charge is -2.34. The molecule has 12 nitrogen and oxygen atoms in total. The van der Waals surface area contributed by atoms with Crippen molar-refractivity contribution < 1.29 is 59.7 Å². The van der Waals surface area contributed by atoms with Crippen LogP contribution in [0.15, 0.2) is 65.6 Å². The number of thiazole rings is 1. The first-order chi connectivity index (χ1) is 29.0. The number of amides is 2. The Bertz CT molecular complexity index is 2290. The van der Waals surface area contributed by atoms with Crippen LogP contribution < -0.4 is 19.5 Å². The zero-order valence-corrected chi connectivity index (χ0v) is 34.2. The lowest BCUT2D eigenvalue weighted by atomic mass is 10.0. The standard InChI is InChI=1S/C41H38ClF6N5O7S/c1-3-58-37(55)22-50-36(54)19-29-24-61-38(51-29)31-8-7-30(20-33(31)42)59-15-14-52-10-12-53(13-11-52)39(56)27(21-49)16-25-4-9-34(35(17-25)57-2)60-23-26-5-6-28(40(43,44)45)18-32(26)41(46,47)48/h4-9,16-18,20,24H,3,10-15,19,22-23H2,1-2H3,(H,50,54)/b27-16+. The zero-order valence-electron chi connectivity index (χ0n) is 32.6. The summed E-state index contributed by atoms with van der Waals surface area (Å²) in [5.41, 5.74) is -2.08. The van der Waals surface area contributed by atoms with Gasteiger partial charge in [0, 0.05) is 49.2 Å². The van der Waals surface area contributed by atoms with Gasteiger partial charge in [0.1, 0.15) is 42.2 Å². The Morgan fingerprint density at radius 1 is 0.967 bits per heavy atom. The van der Waals surface area contributed by atoms with Gasteiger partial charge in [0.05, 0.1) is 42.0 Å². The lowest BCUT2D eigenvalue weighted by Crippen LogP contribution is -2.49. The lowest BCUT2D eigenvalue weighted by molar-refractivity contribution is -0.144. The molecular weight excluding hydrogens is 856 g/mol. The summed E-state index contributed by atoms with van der Waals surface area (Å²) in [4.78, 5) is 45.1. The monoisotopic (exact) mass is 893 g/mol. The van der Waals surface area contributed by atoms with E-state index in [1.54, 1.807) is 35.4 Å². The number of alkyl halides is 6. The number of hydrogen-bond donors (Lipinski definition) is 1. The smallest absolute Gasteiger partial charge is 0.416 e. The molecule has 0 aliphatic carbocycles. The SMILES string of the molecule is CCOC(=O)CNC(=O)Cc1csc(-c2ccc(OCCN3CCN(C(=O)/C(C#N)=C/c4ccc(OCc5ccc(C(F)(F)F)cc5C(F)(F)F)c(OC)c4)CC3)cc2Cl)n1. The molecule has 2 amide bonds. The Balaban J connectivity index is 1.10. The van der Waals surface area contributed by atoms with Gasteiger partial charge in [-0.15, -0.1) is 11.3 Å². The van der Waals surface area contributed by atoms with E-state index in [0.29, 0.717) is 84.1 Å². The molecular formula is C41H38ClF6N5O7S. The molecule has 3 aromatic carbocycles. The number of nitrogens with zero attached hydrogens (tertiary/aromatic N) is 4. The minimum Gasteiger partial charge on any atom is -0.493 e. The maximum Gasteiger partial charge on any atom is 0.416 e. The number of carbonyl (C=O) groups excluding carboxylic acids is 3. The fourth-order valence-electron chi connectivity index (χ4n) is 6.02. The van der Waals surface area contributed by atoms with E-state index >= 15 is 0 Å². The van der Waals surface area contributed by atoms with Crippen LogP contribution in [0.1, 0.15) is 34.9 Å². The van der Waals surface area contributed by atoms with Crippen molar-refractivity contribution in [1.82, 2.24) is 20.1 Å². The van der Waals surface area contributed by atoms with E-state index in [0.717, 1.165) is 0 Å². The number of ether oxygens (including phenoxy) is 4. The quantitative estimate of drug-likeness (QED) is 0.0522. The number of esters is 1. The largest absolute Gasteiger partial charge is 0.493 e. The summed E-state index contributed by atoms with van der Waals surface area (Å²) in [5.74, 6) is -0.825. The number of carbonyl (C=O) groups is 3. The van der Waals surface area contributed by atoms with Gasteiger partial charge in [-0.3, -0.25) is 19.3 Å². The van der Waals surface area contributed by atoms with Crippen LogP contribution in [0.25, 0.3) is 16.6 Å². The fraction of sp³-hybridized carbons (Fsp3) is 0.341. The highest BCUT2D eigenvalue weighted by atomic mass is 35.5. The van der Waals surface area contributed by atoms with Gasteiger partial charge in [-0.25, -0.2) is 4.98 Å². The molecule has 1 aliphatic rings. The highest BCUT2D eigenvalue weighted by molar-refractivity contribution is 7.13. The number of piperazine rings is 1. The van der Waals surface area contributed by atoms with E-state index in [2.05, 4.69) is 15.2 Å². The molecule has 4 aromatic rings. The van der Waals surface area contributed by atoms with Gasteiger partial charge in [-0.2, -0.15) is 31.6 Å². The average molecular weight is 894 g/mol. The third-order valence-corrected chi connectivity index (χ3v) is 10.3. The van der Waals surface area contributed by atoms with Crippen LogP contribution in [0.2, 0.25) is 5.02 Å². The average Bonchev–Trinajstić information content (AvgIpc) is 3.68. The Morgan fingerprint density at radius 2 is 1.72 bits per heavy atom. The molecule has 61 heavy (non-hydrogen) atoms. The maximum atomic E-state index is 13.6. The first kappa shape index (κ1) is 46.2. The van der Waals surface area contributed by atoms with Crippen LogP contribution in [-0.2, 0) is 44.5 Å². The zero-order chi connectivity index (χ0) is 44.3. The highest BCUT2D eigenvalue weighted by Gasteiger charge is 2.38. The molecule has 0 spiro atoms. The Labute approximate surface area is 355 Å². The van der Waals surface area contributed by atoms with E-state index in [1.807, 2.05) is 6.07 Å². The van der Waals surface area contributed by atoms with E-state index in [-0.39, 0.29) is 48.6 Å². The topological polar surface area (TPSA) is 143 Å². The molecule has 0 atom stereocenters. The van der Waals surface area contributed by atoms with Crippen molar-refractivity contribution in [1.29, 1.82) is 5.26 Å². The minimum atomic E-state index is -5.07.